The number of H-pyrrole nitrogens is 1. The number of hydrogen-bond acceptors (Lipinski definition) is 4. The number of benzene rings is 2. The molecule has 3 aromatic rings. The highest BCUT2D eigenvalue weighted by molar-refractivity contribution is 7.89. The summed E-state index contributed by atoms with van der Waals surface area (Å²) in [6, 6.07) is 14.7. The molecule has 0 aliphatic carbocycles. The van der Waals surface area contributed by atoms with Gasteiger partial charge in [-0.2, -0.15) is 5.10 Å². The molecule has 0 saturated carbocycles. The lowest BCUT2D eigenvalue weighted by Crippen LogP contribution is -2.24. The van der Waals surface area contributed by atoms with Crippen LogP contribution in [0.15, 0.2) is 65.7 Å². The first-order valence-electron chi connectivity index (χ1n) is 7.59. The van der Waals surface area contributed by atoms with Crippen LogP contribution in [0.25, 0.3) is 0 Å². The smallest absolute Gasteiger partial charge is 0.256 e. The second kappa shape index (κ2) is 7.69. The highest BCUT2D eigenvalue weighted by atomic mass is 35.5. The lowest BCUT2D eigenvalue weighted by Gasteiger charge is -2.10. The minimum atomic E-state index is -3.89. The highest BCUT2D eigenvalue weighted by Crippen LogP contribution is 2.23. The number of sulfonamides is 1. The van der Waals surface area contributed by atoms with E-state index in [1.807, 2.05) is 18.2 Å². The number of carbonyl (C=O) groups excluding carboxylic acids is 1. The number of amides is 1. The van der Waals surface area contributed by atoms with Gasteiger partial charge < -0.3 is 5.32 Å². The summed E-state index contributed by atoms with van der Waals surface area (Å²) in [6.07, 6.45) is 1.49. The largest absolute Gasteiger partial charge is 0.307 e. The van der Waals surface area contributed by atoms with Gasteiger partial charge in [0.25, 0.3) is 5.91 Å². The Morgan fingerprint density at radius 3 is 2.58 bits per heavy atom. The number of aromatic amines is 1. The molecule has 1 heterocycles. The van der Waals surface area contributed by atoms with E-state index in [9.17, 15) is 13.2 Å². The Kier molecular flexibility index (Phi) is 5.36. The van der Waals surface area contributed by atoms with E-state index in [0.717, 1.165) is 5.56 Å². The fraction of sp³-hybridized carbons (Fsp3) is 0.0588. The van der Waals surface area contributed by atoms with Crippen molar-refractivity contribution in [2.45, 2.75) is 11.4 Å². The fourth-order valence-electron chi connectivity index (χ4n) is 2.22. The molecule has 1 aromatic heterocycles. The van der Waals surface area contributed by atoms with Gasteiger partial charge in [-0.05, 0) is 23.8 Å². The Morgan fingerprint density at radius 1 is 1.12 bits per heavy atom. The van der Waals surface area contributed by atoms with E-state index in [-0.39, 0.29) is 22.0 Å². The van der Waals surface area contributed by atoms with Crippen LogP contribution in [0.1, 0.15) is 15.9 Å². The summed E-state index contributed by atoms with van der Waals surface area (Å²) in [7, 11) is -3.89. The van der Waals surface area contributed by atoms with Gasteiger partial charge in [0.15, 0.2) is 0 Å². The molecule has 7 nitrogen and oxygen atoms in total. The molecule has 134 valence electrons. The van der Waals surface area contributed by atoms with E-state index >= 15 is 0 Å². The molecule has 3 N–H and O–H groups in total. The first-order chi connectivity index (χ1) is 12.5. The zero-order valence-electron chi connectivity index (χ0n) is 13.4. The molecule has 9 heteroatoms. The molecular formula is C17H15ClN4O3S. The molecule has 1 amide bonds. The summed E-state index contributed by atoms with van der Waals surface area (Å²) in [5.74, 6) is -0.0815. The van der Waals surface area contributed by atoms with Crippen LogP contribution in [0.5, 0.6) is 0 Å². The van der Waals surface area contributed by atoms with Crippen molar-refractivity contribution in [3.8, 4) is 0 Å². The Morgan fingerprint density at radius 2 is 1.88 bits per heavy atom. The van der Waals surface area contributed by atoms with E-state index in [1.54, 1.807) is 18.2 Å². The molecule has 0 saturated heterocycles. The first-order valence-corrected chi connectivity index (χ1v) is 9.46. The molecule has 0 unspecified atom stereocenters. The third kappa shape index (κ3) is 4.29. The lowest BCUT2D eigenvalue weighted by atomic mass is 10.2. The van der Waals surface area contributed by atoms with Crippen molar-refractivity contribution in [1.29, 1.82) is 0 Å². The maximum atomic E-state index is 12.6. The summed E-state index contributed by atoms with van der Waals surface area (Å²) in [5.41, 5.74) is 0.962. The fourth-order valence-corrected chi connectivity index (χ4v) is 3.76. The second-order valence-corrected chi connectivity index (χ2v) is 7.52. The predicted octanol–water partition coefficient (Wildman–Crippen LogP) is 2.79. The molecular weight excluding hydrogens is 376 g/mol. The number of nitrogens with one attached hydrogen (secondary N) is 3. The van der Waals surface area contributed by atoms with Gasteiger partial charge in [-0.1, -0.05) is 41.9 Å². The van der Waals surface area contributed by atoms with Crippen molar-refractivity contribution < 1.29 is 13.2 Å². The molecule has 0 radical (unpaired) electrons. The lowest BCUT2D eigenvalue weighted by molar-refractivity contribution is 0.102. The number of aromatic nitrogens is 2. The molecule has 0 aliphatic heterocycles. The van der Waals surface area contributed by atoms with Gasteiger partial charge in [-0.15, -0.1) is 0 Å². The van der Waals surface area contributed by atoms with Gasteiger partial charge >= 0.3 is 0 Å². The minimum Gasteiger partial charge on any atom is -0.307 e. The average molecular weight is 391 g/mol. The van der Waals surface area contributed by atoms with Crippen LogP contribution in [0.4, 0.5) is 5.82 Å². The summed E-state index contributed by atoms with van der Waals surface area (Å²) in [6.45, 7) is 0.115. The minimum absolute atomic E-state index is 0.0312. The van der Waals surface area contributed by atoms with Gasteiger partial charge in [0.1, 0.15) is 10.7 Å². The van der Waals surface area contributed by atoms with Crippen molar-refractivity contribution in [1.82, 2.24) is 14.9 Å². The predicted molar refractivity (Wildman–Crippen MR) is 98.5 cm³/mol. The van der Waals surface area contributed by atoms with Crippen molar-refractivity contribution >= 4 is 33.3 Å². The van der Waals surface area contributed by atoms with Crippen molar-refractivity contribution in [3.63, 3.8) is 0 Å². The van der Waals surface area contributed by atoms with Gasteiger partial charge in [-0.3, -0.25) is 9.89 Å². The Bertz CT molecular complexity index is 1010. The van der Waals surface area contributed by atoms with Gasteiger partial charge in [0, 0.05) is 18.2 Å². The number of rotatable bonds is 6. The van der Waals surface area contributed by atoms with Crippen molar-refractivity contribution in [2.75, 3.05) is 5.32 Å². The zero-order chi connectivity index (χ0) is 18.6. The average Bonchev–Trinajstić information content (AvgIpc) is 3.14. The molecule has 0 bridgehead atoms. The maximum Gasteiger partial charge on any atom is 0.256 e. The van der Waals surface area contributed by atoms with Gasteiger partial charge in [-0.25, -0.2) is 13.1 Å². The van der Waals surface area contributed by atoms with Crippen molar-refractivity contribution in [2.24, 2.45) is 0 Å². The number of nitrogens with zero attached hydrogens (tertiary/aromatic N) is 1. The SMILES string of the molecule is O=C(Nc1ccn[nH]1)c1ccc(Cl)c(S(=O)(=O)NCc2ccccc2)c1. The summed E-state index contributed by atoms with van der Waals surface area (Å²) in [5, 5.41) is 8.93. The quantitative estimate of drug-likeness (QED) is 0.602. The zero-order valence-corrected chi connectivity index (χ0v) is 15.0. The van der Waals surface area contributed by atoms with Crippen LogP contribution in [0.3, 0.4) is 0 Å². The van der Waals surface area contributed by atoms with Gasteiger partial charge in [0.2, 0.25) is 10.0 Å². The second-order valence-electron chi connectivity index (χ2n) is 5.38. The molecule has 2 aromatic carbocycles. The number of carbonyl (C=O) groups is 1. The molecule has 0 fully saturated rings. The van der Waals surface area contributed by atoms with Crippen LogP contribution in [-0.2, 0) is 16.6 Å². The van der Waals surface area contributed by atoms with Gasteiger partial charge in [0.05, 0.1) is 11.2 Å². The Hall–Kier alpha value is -2.68. The maximum absolute atomic E-state index is 12.6. The van der Waals surface area contributed by atoms with Crippen LogP contribution in [0, 0.1) is 0 Å². The topological polar surface area (TPSA) is 104 Å². The van der Waals surface area contributed by atoms with E-state index in [2.05, 4.69) is 20.2 Å². The van der Waals surface area contributed by atoms with Crippen molar-refractivity contribution in [3.05, 3.63) is 76.9 Å². The van der Waals surface area contributed by atoms with Crippen LogP contribution in [0.2, 0.25) is 5.02 Å². The summed E-state index contributed by atoms with van der Waals surface area (Å²) in [4.78, 5) is 12.1. The normalized spacial score (nSPS) is 11.3. The number of hydrogen-bond donors (Lipinski definition) is 3. The summed E-state index contributed by atoms with van der Waals surface area (Å²) < 4.78 is 27.6. The molecule has 0 atom stereocenters. The molecule has 0 spiro atoms. The first kappa shape index (κ1) is 18.1. The Balaban J connectivity index is 1.81. The number of halogens is 1. The van der Waals surface area contributed by atoms with Crippen LogP contribution in [-0.4, -0.2) is 24.5 Å². The highest BCUT2D eigenvalue weighted by Gasteiger charge is 2.20. The van der Waals surface area contributed by atoms with E-state index < -0.39 is 15.9 Å². The Labute approximate surface area is 155 Å². The van der Waals surface area contributed by atoms with Crippen LogP contribution >= 0.6 is 11.6 Å². The third-order valence-corrected chi connectivity index (χ3v) is 5.42. The van der Waals surface area contributed by atoms with E-state index in [0.29, 0.717) is 5.82 Å². The molecule has 26 heavy (non-hydrogen) atoms. The standard InChI is InChI=1S/C17H15ClN4O3S/c18-14-7-6-13(17(23)21-16-8-9-19-22-16)10-15(14)26(24,25)20-11-12-4-2-1-3-5-12/h1-10,20H,11H2,(H2,19,21,22,23). The van der Waals surface area contributed by atoms with E-state index in [4.69, 9.17) is 11.6 Å². The monoisotopic (exact) mass is 390 g/mol. The third-order valence-electron chi connectivity index (χ3n) is 3.54. The number of anilines is 1. The summed E-state index contributed by atoms with van der Waals surface area (Å²) >= 11 is 6.04. The van der Waals surface area contributed by atoms with E-state index in [1.165, 1.54) is 24.4 Å². The van der Waals surface area contributed by atoms with Crippen LogP contribution < -0.4 is 10.0 Å². The molecule has 0 aliphatic rings. The molecule has 3 rings (SSSR count).